The van der Waals surface area contributed by atoms with Crippen molar-refractivity contribution in [3.05, 3.63) is 41.1 Å². The lowest BCUT2D eigenvalue weighted by molar-refractivity contribution is -0.127. The number of hydrogen-bond donors (Lipinski definition) is 2. The van der Waals surface area contributed by atoms with Crippen LogP contribution in [-0.4, -0.2) is 18.2 Å². The van der Waals surface area contributed by atoms with Gasteiger partial charge >= 0.3 is 0 Å². The van der Waals surface area contributed by atoms with E-state index < -0.39 is 0 Å². The molecule has 4 heteroatoms. The zero-order valence-corrected chi connectivity index (χ0v) is 22.2. The fourth-order valence-electron chi connectivity index (χ4n) is 8.55. The summed E-state index contributed by atoms with van der Waals surface area (Å²) < 4.78 is 0. The van der Waals surface area contributed by atoms with Crippen LogP contribution in [0, 0.1) is 34.5 Å². The molecule has 4 nitrogen and oxygen atoms in total. The number of para-hydroxylation sites is 1. The van der Waals surface area contributed by atoms with Crippen molar-refractivity contribution >= 4 is 17.4 Å². The Morgan fingerprint density at radius 2 is 1.74 bits per heavy atom. The third kappa shape index (κ3) is 4.05. The molecule has 0 radical (unpaired) electrons. The van der Waals surface area contributed by atoms with Crippen LogP contribution >= 0.6 is 0 Å². The molecule has 1 amide bonds. The molecule has 1 heterocycles. The Labute approximate surface area is 211 Å². The molecule has 1 aliphatic heterocycles. The van der Waals surface area contributed by atoms with Gasteiger partial charge in [-0.2, -0.15) is 0 Å². The maximum atomic E-state index is 13.9. The van der Waals surface area contributed by atoms with E-state index in [4.69, 9.17) is 0 Å². The molecule has 35 heavy (non-hydrogen) atoms. The van der Waals surface area contributed by atoms with Crippen molar-refractivity contribution in [3.8, 4) is 0 Å². The van der Waals surface area contributed by atoms with Gasteiger partial charge in [0.15, 0.2) is 5.78 Å². The number of aryl methyl sites for hydroxylation is 2. The predicted octanol–water partition coefficient (Wildman–Crippen LogP) is 6.45. The zero-order chi connectivity index (χ0) is 24.8. The molecule has 190 valence electrons. The van der Waals surface area contributed by atoms with Gasteiger partial charge in [0.05, 0.1) is 0 Å². The van der Waals surface area contributed by atoms with Crippen LogP contribution in [0.3, 0.4) is 0 Å². The second-order valence-corrected chi connectivity index (χ2v) is 12.3. The van der Waals surface area contributed by atoms with Crippen molar-refractivity contribution in [2.24, 2.45) is 34.5 Å². The third-order valence-corrected chi connectivity index (χ3v) is 10.4. The maximum Gasteiger partial charge on any atom is 0.228 e. The number of carbonyl (C=O) groups excluding carboxylic acids is 2. The third-order valence-electron chi connectivity index (χ3n) is 10.4. The summed E-state index contributed by atoms with van der Waals surface area (Å²) >= 11 is 0. The molecule has 0 unspecified atom stereocenters. The second-order valence-electron chi connectivity index (χ2n) is 12.3. The minimum Gasteiger partial charge on any atom is -0.387 e. The largest absolute Gasteiger partial charge is 0.387 e. The highest BCUT2D eigenvalue weighted by molar-refractivity contribution is 5.95. The van der Waals surface area contributed by atoms with Crippen LogP contribution in [0.15, 0.2) is 30.0 Å². The van der Waals surface area contributed by atoms with Gasteiger partial charge in [0.2, 0.25) is 5.91 Å². The fraction of sp³-hybridized carbons (Fsp3) is 0.677. The predicted molar refractivity (Wildman–Crippen MR) is 142 cm³/mol. The Balaban J connectivity index is 1.38. The van der Waals surface area contributed by atoms with Crippen molar-refractivity contribution in [3.63, 3.8) is 0 Å². The summed E-state index contributed by atoms with van der Waals surface area (Å²) in [7, 11) is 0. The fourth-order valence-corrected chi connectivity index (χ4v) is 8.55. The van der Waals surface area contributed by atoms with E-state index >= 15 is 0 Å². The molecule has 1 aromatic carbocycles. The highest BCUT2D eigenvalue weighted by atomic mass is 16.2. The van der Waals surface area contributed by atoms with Gasteiger partial charge in [0.25, 0.3) is 0 Å². The SMILES string of the molecule is CCCc1cccc(CCC)c1NC(=O)[C@H]1CC[C@H]2[C@@H]3CNC4=CC(=O)CC[C@]4(C)[C@H]3CC[C@]12C. The van der Waals surface area contributed by atoms with Crippen molar-refractivity contribution in [1.82, 2.24) is 5.32 Å². The topological polar surface area (TPSA) is 58.2 Å². The van der Waals surface area contributed by atoms with Gasteiger partial charge in [-0.3, -0.25) is 9.59 Å². The number of ketones is 1. The number of hydrogen-bond acceptors (Lipinski definition) is 3. The molecule has 2 saturated carbocycles. The van der Waals surface area contributed by atoms with Crippen LogP contribution in [0.2, 0.25) is 0 Å². The second kappa shape index (κ2) is 9.41. The number of benzene rings is 1. The van der Waals surface area contributed by atoms with Gasteiger partial charge < -0.3 is 10.6 Å². The van der Waals surface area contributed by atoms with Gasteiger partial charge in [0.1, 0.15) is 0 Å². The average Bonchev–Trinajstić information content (AvgIpc) is 3.19. The van der Waals surface area contributed by atoms with E-state index in [1.54, 1.807) is 0 Å². The van der Waals surface area contributed by atoms with Gasteiger partial charge in [-0.25, -0.2) is 0 Å². The first-order valence-corrected chi connectivity index (χ1v) is 14.2. The Hall–Kier alpha value is -2.10. The van der Waals surface area contributed by atoms with Gasteiger partial charge in [0, 0.05) is 41.8 Å². The van der Waals surface area contributed by atoms with E-state index in [0.29, 0.717) is 24.2 Å². The van der Waals surface area contributed by atoms with Crippen molar-refractivity contribution in [2.75, 3.05) is 11.9 Å². The molecule has 3 fully saturated rings. The van der Waals surface area contributed by atoms with Crippen LogP contribution in [0.5, 0.6) is 0 Å². The van der Waals surface area contributed by atoms with Crippen molar-refractivity contribution in [1.29, 1.82) is 0 Å². The van der Waals surface area contributed by atoms with E-state index in [9.17, 15) is 9.59 Å². The molecule has 5 rings (SSSR count). The summed E-state index contributed by atoms with van der Waals surface area (Å²) in [6, 6.07) is 6.53. The molecule has 1 aromatic rings. The summed E-state index contributed by atoms with van der Waals surface area (Å²) in [6.07, 6.45) is 12.1. The lowest BCUT2D eigenvalue weighted by Crippen LogP contribution is -2.57. The monoisotopic (exact) mass is 476 g/mol. The summed E-state index contributed by atoms with van der Waals surface area (Å²) in [6.45, 7) is 10.2. The molecule has 0 aromatic heterocycles. The molecule has 0 bridgehead atoms. The highest BCUT2D eigenvalue weighted by Gasteiger charge is 2.60. The Bertz CT molecular complexity index is 1000. The summed E-state index contributed by atoms with van der Waals surface area (Å²) in [5.41, 5.74) is 4.99. The number of allylic oxidation sites excluding steroid dienone is 2. The molecule has 4 aliphatic rings. The van der Waals surface area contributed by atoms with Crippen LogP contribution in [-0.2, 0) is 22.4 Å². The number of piperidine rings is 1. The van der Waals surface area contributed by atoms with Crippen LogP contribution in [0.1, 0.15) is 90.2 Å². The van der Waals surface area contributed by atoms with Crippen molar-refractivity contribution in [2.45, 2.75) is 91.9 Å². The first kappa shape index (κ1) is 24.6. The standard InChI is InChI=1S/C31H44N2O2/c1-5-8-20-10-7-11-21(9-6-2)28(20)33-29(35)26-13-12-24-23-19-32-27-18-22(34)14-16-31(27,4)25(23)15-17-30(24,26)3/h7,10-11,18,23-26,32H,5-6,8-9,12-17,19H2,1-4H3,(H,33,35)/t23-,24-,25-,26+,30-,31+/m0/s1. The lowest BCUT2D eigenvalue weighted by Gasteiger charge is -2.58. The molecule has 2 N–H and O–H groups in total. The van der Waals surface area contributed by atoms with E-state index in [-0.39, 0.29) is 28.4 Å². The normalized spacial score (nSPS) is 35.9. The summed E-state index contributed by atoms with van der Waals surface area (Å²) in [5, 5.41) is 7.17. The Morgan fingerprint density at radius 1 is 1.03 bits per heavy atom. The number of anilines is 1. The van der Waals surface area contributed by atoms with E-state index in [2.05, 4.69) is 56.5 Å². The van der Waals surface area contributed by atoms with Gasteiger partial charge in [-0.05, 0) is 79.2 Å². The summed E-state index contributed by atoms with van der Waals surface area (Å²) in [5.74, 6) is 2.37. The number of amides is 1. The Morgan fingerprint density at radius 3 is 2.43 bits per heavy atom. The van der Waals surface area contributed by atoms with E-state index in [0.717, 1.165) is 63.6 Å². The average molecular weight is 477 g/mol. The number of carbonyl (C=O) groups is 2. The molecule has 3 aliphatic carbocycles. The molecular weight excluding hydrogens is 432 g/mol. The van der Waals surface area contributed by atoms with Crippen molar-refractivity contribution < 1.29 is 9.59 Å². The Kier molecular flexibility index (Phi) is 6.61. The summed E-state index contributed by atoms with van der Waals surface area (Å²) in [4.78, 5) is 26.0. The number of rotatable bonds is 6. The molecular formula is C31H44N2O2. The molecule has 0 spiro atoms. The minimum absolute atomic E-state index is 0.0552. The van der Waals surface area contributed by atoms with Crippen LogP contribution < -0.4 is 10.6 Å². The first-order valence-electron chi connectivity index (χ1n) is 14.2. The smallest absolute Gasteiger partial charge is 0.228 e. The van der Waals surface area contributed by atoms with E-state index in [1.165, 1.54) is 23.2 Å². The number of fused-ring (bicyclic) bond motifs is 5. The first-order chi connectivity index (χ1) is 16.8. The quantitative estimate of drug-likeness (QED) is 0.496. The van der Waals surface area contributed by atoms with Gasteiger partial charge in [-0.15, -0.1) is 0 Å². The molecule has 6 atom stereocenters. The number of nitrogens with one attached hydrogen (secondary N) is 2. The van der Waals surface area contributed by atoms with Crippen LogP contribution in [0.4, 0.5) is 5.69 Å². The molecule has 1 saturated heterocycles. The van der Waals surface area contributed by atoms with E-state index in [1.807, 2.05) is 6.08 Å². The van der Waals surface area contributed by atoms with Gasteiger partial charge in [-0.1, -0.05) is 58.7 Å². The minimum atomic E-state index is 0.0552. The van der Waals surface area contributed by atoms with Crippen LogP contribution in [0.25, 0.3) is 0 Å². The maximum absolute atomic E-state index is 13.9. The lowest BCUT2D eigenvalue weighted by atomic mass is 9.50. The highest BCUT2D eigenvalue weighted by Crippen LogP contribution is 2.64. The zero-order valence-electron chi connectivity index (χ0n) is 22.2.